The summed E-state index contributed by atoms with van der Waals surface area (Å²) in [5, 5.41) is 0. The zero-order valence-corrected chi connectivity index (χ0v) is 15.1. The van der Waals surface area contributed by atoms with E-state index in [0.717, 1.165) is 18.7 Å². The van der Waals surface area contributed by atoms with Gasteiger partial charge in [-0.1, -0.05) is 37.1 Å². The minimum Gasteiger partial charge on any atom is -0.405 e. The minimum absolute atomic E-state index is 0.0234. The van der Waals surface area contributed by atoms with Crippen molar-refractivity contribution in [2.24, 2.45) is 17.3 Å². The molecule has 0 amide bonds. The fraction of sp³-hybridized carbons (Fsp3) is 0.789. The molecule has 3 aliphatic carbocycles. The Morgan fingerprint density at radius 2 is 1.95 bits per heavy atom. The Kier molecular flexibility index (Phi) is 4.10. The first kappa shape index (κ1) is 16.3. The molecule has 0 N–H and O–H groups in total. The van der Waals surface area contributed by atoms with Crippen LogP contribution in [0.25, 0.3) is 0 Å². The molecule has 3 heteroatoms. The Morgan fingerprint density at radius 3 is 2.55 bits per heavy atom. The van der Waals surface area contributed by atoms with Crippen molar-refractivity contribution in [2.75, 3.05) is 0 Å². The molecule has 4 atom stereocenters. The van der Waals surface area contributed by atoms with Crippen molar-refractivity contribution < 1.29 is 9.31 Å². The van der Waals surface area contributed by atoms with Crippen molar-refractivity contribution in [3.63, 3.8) is 0 Å². The van der Waals surface area contributed by atoms with Crippen molar-refractivity contribution in [1.29, 1.82) is 0 Å². The quantitative estimate of drug-likeness (QED) is 0.536. The smallest absolute Gasteiger partial charge is 0.405 e. The van der Waals surface area contributed by atoms with Crippen molar-refractivity contribution in [3.05, 3.63) is 23.3 Å². The highest BCUT2D eigenvalue weighted by molar-refractivity contribution is 6.45. The van der Waals surface area contributed by atoms with E-state index in [1.807, 2.05) is 0 Å². The van der Waals surface area contributed by atoms with Crippen LogP contribution in [0.3, 0.4) is 0 Å². The van der Waals surface area contributed by atoms with E-state index in [1.165, 1.54) is 24.0 Å². The van der Waals surface area contributed by atoms with Crippen LogP contribution < -0.4 is 0 Å². The molecule has 0 radical (unpaired) electrons. The van der Waals surface area contributed by atoms with E-state index in [9.17, 15) is 0 Å². The highest BCUT2D eigenvalue weighted by Crippen LogP contribution is 2.65. The van der Waals surface area contributed by atoms with Crippen molar-refractivity contribution in [2.45, 2.75) is 78.8 Å². The molecule has 4 rings (SSSR count). The molecule has 0 aromatic heterocycles. The maximum Gasteiger partial charge on any atom is 0.457 e. The molecule has 122 valence electrons. The second-order valence-corrected chi connectivity index (χ2v) is 8.46. The van der Waals surface area contributed by atoms with Crippen LogP contribution in [0.15, 0.2) is 23.3 Å². The third kappa shape index (κ3) is 2.41. The molecule has 0 spiro atoms. The molecular formula is C19H31BO2. The van der Waals surface area contributed by atoms with Crippen LogP contribution in [-0.4, -0.2) is 18.8 Å². The molecule has 2 bridgehead atoms. The van der Waals surface area contributed by atoms with Gasteiger partial charge in [-0.3, -0.25) is 0 Å². The summed E-state index contributed by atoms with van der Waals surface area (Å²) < 4.78 is 12.8. The van der Waals surface area contributed by atoms with Gasteiger partial charge in [-0.05, 0) is 70.5 Å². The topological polar surface area (TPSA) is 18.5 Å². The van der Waals surface area contributed by atoms with Gasteiger partial charge in [-0.25, -0.2) is 0 Å². The Labute approximate surface area is 136 Å². The standard InChI is InChI=1S/C19H31BO2/c1-7-8-14(13(2)3)9-10-20-21-17-12-15-11-16(18(15,4)5)19(17,6)22-20/h7-8,15-17H,9-12H2,1-6H3/b8-7-. The molecule has 22 heavy (non-hydrogen) atoms. The van der Waals surface area contributed by atoms with Gasteiger partial charge in [0.05, 0.1) is 11.7 Å². The lowest BCUT2D eigenvalue weighted by atomic mass is 9.43. The largest absolute Gasteiger partial charge is 0.457 e. The summed E-state index contributed by atoms with van der Waals surface area (Å²) in [5.74, 6) is 1.49. The predicted octanol–water partition coefficient (Wildman–Crippen LogP) is 5.02. The predicted molar refractivity (Wildman–Crippen MR) is 92.7 cm³/mol. The monoisotopic (exact) mass is 302 g/mol. The number of allylic oxidation sites excluding steroid dienone is 4. The van der Waals surface area contributed by atoms with Crippen molar-refractivity contribution >= 4 is 7.12 Å². The van der Waals surface area contributed by atoms with E-state index in [0.29, 0.717) is 17.4 Å². The van der Waals surface area contributed by atoms with Gasteiger partial charge < -0.3 is 9.31 Å². The third-order valence-corrected chi connectivity index (χ3v) is 6.66. The maximum atomic E-state index is 6.48. The number of rotatable bonds is 4. The van der Waals surface area contributed by atoms with Gasteiger partial charge in [0.2, 0.25) is 0 Å². The third-order valence-electron chi connectivity index (χ3n) is 6.66. The zero-order valence-electron chi connectivity index (χ0n) is 15.1. The Hall–Kier alpha value is -0.535. The summed E-state index contributed by atoms with van der Waals surface area (Å²) in [6, 6.07) is 0. The molecule has 1 saturated heterocycles. The van der Waals surface area contributed by atoms with Gasteiger partial charge in [0, 0.05) is 0 Å². The molecule has 2 nitrogen and oxygen atoms in total. The zero-order chi connectivity index (χ0) is 16.1. The second kappa shape index (κ2) is 5.52. The van der Waals surface area contributed by atoms with Gasteiger partial charge in [-0.2, -0.15) is 0 Å². The Bertz CT molecular complexity index is 504. The summed E-state index contributed by atoms with van der Waals surface area (Å²) in [7, 11) is -0.0234. The van der Waals surface area contributed by atoms with Gasteiger partial charge in [-0.15, -0.1) is 0 Å². The highest BCUT2D eigenvalue weighted by Gasteiger charge is 2.67. The average molecular weight is 302 g/mol. The van der Waals surface area contributed by atoms with Crippen molar-refractivity contribution in [1.82, 2.24) is 0 Å². The molecule has 4 fully saturated rings. The second-order valence-electron chi connectivity index (χ2n) is 8.46. The van der Waals surface area contributed by atoms with Crippen LogP contribution in [0.2, 0.25) is 6.32 Å². The van der Waals surface area contributed by atoms with E-state index < -0.39 is 0 Å². The van der Waals surface area contributed by atoms with Crippen LogP contribution in [-0.2, 0) is 9.31 Å². The van der Waals surface area contributed by atoms with Crippen LogP contribution in [0, 0.1) is 17.3 Å². The van der Waals surface area contributed by atoms with E-state index in [4.69, 9.17) is 9.31 Å². The van der Waals surface area contributed by atoms with Crippen LogP contribution in [0.5, 0.6) is 0 Å². The minimum atomic E-state index is -0.0609. The number of hydrogen-bond acceptors (Lipinski definition) is 2. The average Bonchev–Trinajstić information content (AvgIpc) is 2.78. The summed E-state index contributed by atoms with van der Waals surface area (Å²) >= 11 is 0. The molecule has 1 aliphatic heterocycles. The van der Waals surface area contributed by atoms with E-state index in [-0.39, 0.29) is 12.7 Å². The van der Waals surface area contributed by atoms with Gasteiger partial charge in [0.1, 0.15) is 0 Å². The summed E-state index contributed by atoms with van der Waals surface area (Å²) in [4.78, 5) is 0. The molecule has 4 aliphatic rings. The first-order valence-corrected chi connectivity index (χ1v) is 8.91. The van der Waals surface area contributed by atoms with E-state index in [1.54, 1.807) is 0 Å². The van der Waals surface area contributed by atoms with Gasteiger partial charge in [0.15, 0.2) is 0 Å². The molecule has 3 saturated carbocycles. The van der Waals surface area contributed by atoms with Gasteiger partial charge in [0.25, 0.3) is 0 Å². The van der Waals surface area contributed by atoms with Crippen LogP contribution in [0.1, 0.15) is 60.8 Å². The molecule has 4 unspecified atom stereocenters. The van der Waals surface area contributed by atoms with Gasteiger partial charge >= 0.3 is 7.12 Å². The summed E-state index contributed by atoms with van der Waals surface area (Å²) in [5.41, 5.74) is 3.18. The van der Waals surface area contributed by atoms with Crippen molar-refractivity contribution in [3.8, 4) is 0 Å². The van der Waals surface area contributed by atoms with Crippen LogP contribution in [0.4, 0.5) is 0 Å². The lowest BCUT2D eigenvalue weighted by Crippen LogP contribution is -2.65. The van der Waals surface area contributed by atoms with E-state index in [2.05, 4.69) is 53.7 Å². The first-order chi connectivity index (χ1) is 10.3. The van der Waals surface area contributed by atoms with E-state index >= 15 is 0 Å². The highest BCUT2D eigenvalue weighted by atomic mass is 16.7. The fourth-order valence-corrected chi connectivity index (χ4v) is 5.05. The Balaban J connectivity index is 1.65. The summed E-state index contributed by atoms with van der Waals surface area (Å²) in [6.07, 6.45) is 9.17. The molecule has 0 aromatic rings. The lowest BCUT2D eigenvalue weighted by Gasteiger charge is -2.64. The van der Waals surface area contributed by atoms with Crippen LogP contribution >= 0.6 is 0 Å². The maximum absolute atomic E-state index is 6.48. The molecular weight excluding hydrogens is 271 g/mol. The number of hydrogen-bond donors (Lipinski definition) is 0. The fourth-order valence-electron chi connectivity index (χ4n) is 5.05. The molecule has 0 aromatic carbocycles. The molecule has 1 heterocycles. The normalized spacial score (nSPS) is 38.8. The summed E-state index contributed by atoms with van der Waals surface area (Å²) in [6.45, 7) is 13.6. The first-order valence-electron chi connectivity index (χ1n) is 8.91. The lowest BCUT2D eigenvalue weighted by molar-refractivity contribution is -0.199. The Morgan fingerprint density at radius 1 is 1.23 bits per heavy atom. The SMILES string of the molecule is C/C=C\C(CCB1OC2CC3CC(C3(C)C)C2(C)O1)=C(C)C.